The van der Waals surface area contributed by atoms with Gasteiger partial charge in [0.05, 0.1) is 6.54 Å². The molecule has 0 fully saturated rings. The molecule has 96 valence electrons. The fourth-order valence-electron chi connectivity index (χ4n) is 1.15. The Morgan fingerprint density at radius 2 is 1.82 bits per heavy atom. The minimum atomic E-state index is 0.107. The van der Waals surface area contributed by atoms with Crippen LogP contribution in [0.4, 0.5) is 0 Å². The van der Waals surface area contributed by atoms with Crippen molar-refractivity contribution >= 4 is 11.6 Å². The van der Waals surface area contributed by atoms with Crippen LogP contribution in [0.1, 0.15) is 39.5 Å². The summed E-state index contributed by atoms with van der Waals surface area (Å²) in [5, 5.41) is 9.45. The molecule has 0 atom stereocenters. The van der Waals surface area contributed by atoms with Gasteiger partial charge in [-0.25, -0.2) is 0 Å². The van der Waals surface area contributed by atoms with Crippen LogP contribution in [0.2, 0.25) is 0 Å². The average molecular weight is 239 g/mol. The highest BCUT2D eigenvalue weighted by molar-refractivity contribution is 5.75. The van der Waals surface area contributed by atoms with E-state index in [1.54, 1.807) is 18.1 Å². The third-order valence-corrected chi connectivity index (χ3v) is 2.12. The van der Waals surface area contributed by atoms with Gasteiger partial charge in [-0.1, -0.05) is 11.8 Å². The molecule has 17 heavy (non-hydrogen) atoms. The van der Waals surface area contributed by atoms with Crippen LogP contribution >= 0.6 is 0 Å². The molecule has 0 bridgehead atoms. The lowest BCUT2D eigenvalue weighted by Crippen LogP contribution is -2.11. The first kappa shape index (κ1) is 15.5. The number of ketones is 2. The SMILES string of the molecule is C=CN(CCCCC(C)=O)N=NCCC(C)=O. The molecule has 5 nitrogen and oxygen atoms in total. The van der Waals surface area contributed by atoms with E-state index in [1.165, 1.54) is 6.92 Å². The molecule has 0 aliphatic rings. The molecular formula is C12H21N3O2. The van der Waals surface area contributed by atoms with Crippen molar-refractivity contribution in [3.05, 3.63) is 12.8 Å². The monoisotopic (exact) mass is 239 g/mol. The Morgan fingerprint density at radius 3 is 2.35 bits per heavy atom. The summed E-state index contributed by atoms with van der Waals surface area (Å²) in [5.74, 6) is 0.314. The summed E-state index contributed by atoms with van der Waals surface area (Å²) in [7, 11) is 0. The van der Waals surface area contributed by atoms with Crippen molar-refractivity contribution < 1.29 is 9.59 Å². The van der Waals surface area contributed by atoms with Crippen LogP contribution in [0, 0.1) is 0 Å². The molecule has 0 rings (SSSR count). The van der Waals surface area contributed by atoms with Crippen molar-refractivity contribution in [3.63, 3.8) is 0 Å². The third kappa shape index (κ3) is 10.8. The van der Waals surface area contributed by atoms with E-state index in [-0.39, 0.29) is 11.6 Å². The van der Waals surface area contributed by atoms with E-state index >= 15 is 0 Å². The lowest BCUT2D eigenvalue weighted by atomic mass is 10.2. The maximum atomic E-state index is 10.7. The molecule has 0 saturated carbocycles. The van der Waals surface area contributed by atoms with E-state index in [0.29, 0.717) is 25.9 Å². The second-order valence-corrected chi connectivity index (χ2v) is 3.91. The standard InChI is InChI=1S/C12H21N3O2/c1-4-15(10-6-5-7-11(2)16)14-13-9-8-12(3)17/h4H,1,5-10H2,2-3H3. The molecule has 5 heteroatoms. The van der Waals surface area contributed by atoms with Gasteiger partial charge in [0.25, 0.3) is 0 Å². The molecule has 0 amide bonds. The summed E-state index contributed by atoms with van der Waals surface area (Å²) in [4.78, 5) is 21.4. The lowest BCUT2D eigenvalue weighted by Gasteiger charge is -2.11. The van der Waals surface area contributed by atoms with Gasteiger partial charge in [0, 0.05) is 25.6 Å². The number of carbonyl (C=O) groups is 2. The topological polar surface area (TPSA) is 62.1 Å². The predicted molar refractivity (Wildman–Crippen MR) is 66.5 cm³/mol. The van der Waals surface area contributed by atoms with Gasteiger partial charge in [-0.3, -0.25) is 9.80 Å². The maximum absolute atomic E-state index is 10.7. The molecule has 0 aliphatic heterocycles. The number of hydrogen-bond acceptors (Lipinski definition) is 4. The van der Waals surface area contributed by atoms with Crippen molar-refractivity contribution in [1.82, 2.24) is 5.01 Å². The van der Waals surface area contributed by atoms with Gasteiger partial charge in [0.2, 0.25) is 0 Å². The molecule has 0 unspecified atom stereocenters. The number of nitrogens with zero attached hydrogens (tertiary/aromatic N) is 3. The van der Waals surface area contributed by atoms with Gasteiger partial charge in [-0.2, -0.15) is 5.11 Å². The maximum Gasteiger partial charge on any atom is 0.131 e. The summed E-state index contributed by atoms with van der Waals surface area (Å²) < 4.78 is 0. The van der Waals surface area contributed by atoms with Crippen molar-refractivity contribution in [2.45, 2.75) is 39.5 Å². The van der Waals surface area contributed by atoms with Crippen molar-refractivity contribution in [2.75, 3.05) is 13.1 Å². The second-order valence-electron chi connectivity index (χ2n) is 3.91. The zero-order valence-electron chi connectivity index (χ0n) is 10.7. The normalized spacial score (nSPS) is 10.5. The van der Waals surface area contributed by atoms with E-state index in [9.17, 15) is 9.59 Å². The number of rotatable bonds is 10. The van der Waals surface area contributed by atoms with E-state index in [2.05, 4.69) is 16.9 Å². The van der Waals surface area contributed by atoms with Gasteiger partial charge in [0.15, 0.2) is 0 Å². The smallest absolute Gasteiger partial charge is 0.131 e. The summed E-state index contributed by atoms with van der Waals surface area (Å²) in [6.45, 7) is 7.85. The molecule has 0 saturated heterocycles. The molecule has 0 aromatic heterocycles. The fraction of sp³-hybridized carbons (Fsp3) is 0.667. The van der Waals surface area contributed by atoms with Crippen molar-refractivity contribution in [1.29, 1.82) is 0 Å². The van der Waals surface area contributed by atoms with Gasteiger partial charge in [-0.05, 0) is 26.7 Å². The Balaban J connectivity index is 3.72. The van der Waals surface area contributed by atoms with Crippen molar-refractivity contribution in [2.24, 2.45) is 10.3 Å². The lowest BCUT2D eigenvalue weighted by molar-refractivity contribution is -0.117. The van der Waals surface area contributed by atoms with Crippen molar-refractivity contribution in [3.8, 4) is 0 Å². The van der Waals surface area contributed by atoms with Crippen LogP contribution in [0.15, 0.2) is 23.1 Å². The largest absolute Gasteiger partial charge is 0.300 e. The first-order valence-corrected chi connectivity index (χ1v) is 5.81. The van der Waals surface area contributed by atoms with Crippen LogP contribution in [0.25, 0.3) is 0 Å². The van der Waals surface area contributed by atoms with Crippen LogP contribution in [-0.4, -0.2) is 29.7 Å². The second kappa shape index (κ2) is 9.69. The Kier molecular flexibility index (Phi) is 8.82. The Bertz CT molecular complexity index is 287. The Hall–Kier alpha value is -1.52. The van der Waals surface area contributed by atoms with Crippen LogP contribution < -0.4 is 0 Å². The Morgan fingerprint density at radius 1 is 1.18 bits per heavy atom. The molecule has 0 aromatic carbocycles. The van der Waals surface area contributed by atoms with E-state index < -0.39 is 0 Å². The van der Waals surface area contributed by atoms with E-state index in [4.69, 9.17) is 0 Å². The van der Waals surface area contributed by atoms with E-state index in [1.807, 2.05) is 0 Å². The zero-order valence-corrected chi connectivity index (χ0v) is 10.7. The zero-order chi connectivity index (χ0) is 13.1. The number of Topliss-reactive ketones (excluding diaryl/α,β-unsaturated/α-hetero) is 2. The molecule has 0 radical (unpaired) electrons. The number of unbranched alkanes of at least 4 members (excludes halogenated alkanes) is 1. The average Bonchev–Trinajstić information content (AvgIpc) is 2.26. The third-order valence-electron chi connectivity index (χ3n) is 2.12. The van der Waals surface area contributed by atoms with E-state index in [0.717, 1.165) is 12.8 Å². The van der Waals surface area contributed by atoms with Gasteiger partial charge in [-0.15, -0.1) is 0 Å². The first-order valence-electron chi connectivity index (χ1n) is 5.81. The summed E-state index contributed by atoms with van der Waals surface area (Å²) >= 11 is 0. The highest BCUT2D eigenvalue weighted by atomic mass is 16.1. The first-order chi connectivity index (χ1) is 8.06. The minimum Gasteiger partial charge on any atom is -0.300 e. The minimum absolute atomic E-state index is 0.107. The number of carbonyl (C=O) groups excluding carboxylic acids is 2. The fourth-order valence-corrected chi connectivity index (χ4v) is 1.15. The van der Waals surface area contributed by atoms with Crippen LogP contribution in [0.3, 0.4) is 0 Å². The summed E-state index contributed by atoms with van der Waals surface area (Å²) in [5.41, 5.74) is 0. The van der Waals surface area contributed by atoms with Crippen LogP contribution in [0.5, 0.6) is 0 Å². The molecule has 0 N–H and O–H groups in total. The summed E-state index contributed by atoms with van der Waals surface area (Å²) in [6.07, 6.45) is 4.33. The van der Waals surface area contributed by atoms with Gasteiger partial charge in [0.1, 0.15) is 11.6 Å². The summed E-state index contributed by atoms with van der Waals surface area (Å²) in [6, 6.07) is 0. The quantitative estimate of drug-likeness (QED) is 0.334. The highest BCUT2D eigenvalue weighted by Crippen LogP contribution is 2.01. The van der Waals surface area contributed by atoms with Gasteiger partial charge < -0.3 is 4.79 Å². The van der Waals surface area contributed by atoms with Crippen LogP contribution in [-0.2, 0) is 9.59 Å². The molecule has 0 spiro atoms. The molecule has 0 aromatic rings. The van der Waals surface area contributed by atoms with Gasteiger partial charge >= 0.3 is 0 Å². The highest BCUT2D eigenvalue weighted by Gasteiger charge is 1.98. The molecule has 0 heterocycles. The molecular weight excluding hydrogens is 218 g/mol. The predicted octanol–water partition coefficient (Wildman–Crippen LogP) is 2.54. The molecule has 0 aliphatic carbocycles. The number of hydrogen-bond donors (Lipinski definition) is 0. The Labute approximate surface area is 103 Å².